The largest absolute Gasteiger partial charge is 0.481 e. The van der Waals surface area contributed by atoms with Crippen LogP contribution in [0.15, 0.2) is 48.5 Å². The Morgan fingerprint density at radius 3 is 2.17 bits per heavy atom. The van der Waals surface area contributed by atoms with Crippen LogP contribution in [-0.4, -0.2) is 54.2 Å². The van der Waals surface area contributed by atoms with Crippen molar-refractivity contribution in [1.29, 1.82) is 0 Å². The van der Waals surface area contributed by atoms with E-state index in [2.05, 4.69) is 29.6 Å². The molecular weight excluding hydrogens is 444 g/mol. The van der Waals surface area contributed by atoms with Crippen molar-refractivity contribution >= 4 is 18.0 Å². The number of nitrogens with zero attached hydrogens (tertiary/aromatic N) is 1. The summed E-state index contributed by atoms with van der Waals surface area (Å²) < 4.78 is 5.68. The van der Waals surface area contributed by atoms with E-state index in [1.165, 1.54) is 11.1 Å². The number of carboxylic acids is 1. The number of carbonyl (C=O) groups is 3. The number of ether oxygens (including phenoxy) is 1. The number of hydrogen-bond donors (Lipinski definition) is 2. The summed E-state index contributed by atoms with van der Waals surface area (Å²) in [5.74, 6) is -0.733. The molecule has 4 aliphatic rings. The predicted octanol–water partition coefficient (Wildman–Crippen LogP) is 4.02. The molecule has 1 saturated heterocycles. The van der Waals surface area contributed by atoms with Crippen LogP contribution in [-0.2, 0) is 14.3 Å². The molecule has 2 aromatic rings. The van der Waals surface area contributed by atoms with E-state index >= 15 is 0 Å². The zero-order valence-corrected chi connectivity index (χ0v) is 19.7. The second-order valence-corrected chi connectivity index (χ2v) is 10.7. The molecule has 6 rings (SSSR count). The third-order valence-corrected chi connectivity index (χ3v) is 8.84. The maximum atomic E-state index is 13.4. The fourth-order valence-corrected chi connectivity index (χ4v) is 6.71. The Kier molecular flexibility index (Phi) is 5.13. The number of likely N-dealkylation sites (tertiary alicyclic amines) is 1. The van der Waals surface area contributed by atoms with Gasteiger partial charge in [-0.05, 0) is 46.9 Å². The molecule has 1 aliphatic heterocycles. The second kappa shape index (κ2) is 8.11. The highest BCUT2D eigenvalue weighted by Crippen LogP contribution is 2.74. The summed E-state index contributed by atoms with van der Waals surface area (Å²) in [6, 6.07) is 16.4. The first-order chi connectivity index (χ1) is 16.9. The fraction of sp³-hybridized carbons (Fsp3) is 0.464. The second-order valence-electron chi connectivity index (χ2n) is 10.7. The van der Waals surface area contributed by atoms with Crippen molar-refractivity contribution in [3.8, 4) is 11.1 Å². The molecule has 0 aromatic heterocycles. The Bertz CT molecular complexity index is 1150. The van der Waals surface area contributed by atoms with Gasteiger partial charge < -0.3 is 20.1 Å². The van der Waals surface area contributed by atoms with Gasteiger partial charge in [0.25, 0.3) is 0 Å². The number of carbonyl (C=O) groups excluding carboxylic acids is 2. The SMILES string of the molecule is O=C(O)CC1CN(C(=O)C2(CNC(=O)OCC3c4ccccc4-c4ccccc43)CC23CCC3)C1. The smallest absolute Gasteiger partial charge is 0.407 e. The summed E-state index contributed by atoms with van der Waals surface area (Å²) in [7, 11) is 0. The average Bonchev–Trinajstić information content (AvgIpc) is 3.42. The maximum Gasteiger partial charge on any atom is 0.407 e. The van der Waals surface area contributed by atoms with Gasteiger partial charge in [-0.2, -0.15) is 0 Å². The van der Waals surface area contributed by atoms with E-state index in [9.17, 15) is 14.4 Å². The molecule has 2 N–H and O–H groups in total. The van der Waals surface area contributed by atoms with Crippen molar-refractivity contribution in [2.75, 3.05) is 26.2 Å². The summed E-state index contributed by atoms with van der Waals surface area (Å²) in [6.45, 7) is 1.51. The van der Waals surface area contributed by atoms with E-state index in [0.29, 0.717) is 13.1 Å². The van der Waals surface area contributed by atoms with Crippen molar-refractivity contribution in [3.05, 3.63) is 59.7 Å². The zero-order chi connectivity index (χ0) is 24.2. The van der Waals surface area contributed by atoms with Gasteiger partial charge in [-0.1, -0.05) is 55.0 Å². The quantitative estimate of drug-likeness (QED) is 0.632. The number of hydrogen-bond acceptors (Lipinski definition) is 4. The van der Waals surface area contributed by atoms with E-state index in [4.69, 9.17) is 9.84 Å². The topological polar surface area (TPSA) is 95.9 Å². The molecule has 0 bridgehead atoms. The minimum absolute atomic E-state index is 0.00141. The van der Waals surface area contributed by atoms with Crippen LogP contribution >= 0.6 is 0 Å². The molecule has 1 spiro atoms. The molecule has 2 aromatic carbocycles. The van der Waals surface area contributed by atoms with Gasteiger partial charge in [0, 0.05) is 31.5 Å². The summed E-state index contributed by atoms with van der Waals surface area (Å²) >= 11 is 0. The zero-order valence-electron chi connectivity index (χ0n) is 19.7. The fourth-order valence-electron chi connectivity index (χ4n) is 6.71. The van der Waals surface area contributed by atoms with Gasteiger partial charge in [0.15, 0.2) is 0 Å². The van der Waals surface area contributed by atoms with Gasteiger partial charge in [0.2, 0.25) is 5.91 Å². The van der Waals surface area contributed by atoms with Crippen LogP contribution in [0.5, 0.6) is 0 Å². The highest BCUT2D eigenvalue weighted by Gasteiger charge is 2.74. The van der Waals surface area contributed by atoms with Crippen LogP contribution in [0.1, 0.15) is 49.1 Å². The van der Waals surface area contributed by atoms with E-state index in [0.717, 1.165) is 36.8 Å². The molecule has 35 heavy (non-hydrogen) atoms. The molecule has 182 valence electrons. The van der Waals surface area contributed by atoms with Crippen LogP contribution < -0.4 is 5.32 Å². The van der Waals surface area contributed by atoms with Gasteiger partial charge in [0.05, 0.1) is 11.8 Å². The Labute approximate surface area is 204 Å². The molecule has 7 nitrogen and oxygen atoms in total. The number of nitrogens with one attached hydrogen (secondary N) is 1. The number of carboxylic acid groups (broad SMARTS) is 1. The maximum absolute atomic E-state index is 13.4. The molecule has 2 saturated carbocycles. The molecule has 3 aliphatic carbocycles. The number of aliphatic carboxylic acids is 1. The predicted molar refractivity (Wildman–Crippen MR) is 129 cm³/mol. The Balaban J connectivity index is 1.08. The molecular formula is C28H30N2O5. The first kappa shape index (κ1) is 22.1. The monoisotopic (exact) mass is 474 g/mol. The minimum atomic E-state index is -0.824. The van der Waals surface area contributed by atoms with Crippen LogP contribution in [0, 0.1) is 16.7 Å². The van der Waals surface area contributed by atoms with Crippen molar-refractivity contribution in [2.45, 2.75) is 38.0 Å². The lowest BCUT2D eigenvalue weighted by atomic mass is 9.74. The lowest BCUT2D eigenvalue weighted by molar-refractivity contribution is -0.150. The van der Waals surface area contributed by atoms with E-state index in [1.54, 1.807) is 4.90 Å². The van der Waals surface area contributed by atoms with E-state index in [1.807, 2.05) is 24.3 Å². The first-order valence-electron chi connectivity index (χ1n) is 12.5. The number of fused-ring (bicyclic) bond motifs is 3. The van der Waals surface area contributed by atoms with Gasteiger partial charge in [-0.15, -0.1) is 0 Å². The van der Waals surface area contributed by atoms with Crippen LogP contribution in [0.2, 0.25) is 0 Å². The molecule has 2 amide bonds. The molecule has 0 radical (unpaired) electrons. The number of amides is 2. The highest BCUT2D eigenvalue weighted by atomic mass is 16.5. The van der Waals surface area contributed by atoms with Gasteiger partial charge in [-0.3, -0.25) is 9.59 Å². The van der Waals surface area contributed by atoms with E-state index in [-0.39, 0.29) is 42.7 Å². The van der Waals surface area contributed by atoms with E-state index < -0.39 is 17.5 Å². The van der Waals surface area contributed by atoms with Crippen LogP contribution in [0.3, 0.4) is 0 Å². The molecule has 7 heteroatoms. The van der Waals surface area contributed by atoms with Crippen molar-refractivity contribution < 1.29 is 24.2 Å². The van der Waals surface area contributed by atoms with Crippen LogP contribution in [0.25, 0.3) is 11.1 Å². The molecule has 1 heterocycles. The molecule has 1 unspecified atom stereocenters. The highest BCUT2D eigenvalue weighted by molar-refractivity contribution is 5.89. The van der Waals surface area contributed by atoms with Gasteiger partial charge in [-0.25, -0.2) is 4.79 Å². The first-order valence-corrected chi connectivity index (χ1v) is 12.5. The number of rotatable bonds is 7. The summed E-state index contributed by atoms with van der Waals surface area (Å²) in [5, 5.41) is 11.9. The molecule has 1 atom stereocenters. The Hall–Kier alpha value is -3.35. The Morgan fingerprint density at radius 2 is 1.63 bits per heavy atom. The van der Waals surface area contributed by atoms with Crippen LogP contribution in [0.4, 0.5) is 4.79 Å². The van der Waals surface area contributed by atoms with Crippen molar-refractivity contribution in [3.63, 3.8) is 0 Å². The summed E-state index contributed by atoms with van der Waals surface area (Å²) in [4.78, 5) is 38.9. The number of benzene rings is 2. The average molecular weight is 475 g/mol. The third kappa shape index (κ3) is 3.51. The lowest BCUT2D eigenvalue weighted by Crippen LogP contribution is -2.56. The van der Waals surface area contributed by atoms with Gasteiger partial charge in [0.1, 0.15) is 6.61 Å². The summed E-state index contributed by atoms with van der Waals surface area (Å²) in [5.41, 5.74) is 4.13. The van der Waals surface area contributed by atoms with Crippen molar-refractivity contribution in [2.24, 2.45) is 16.7 Å². The standard InChI is InChI=1S/C28H30N2O5/c31-24(32)12-18-13-30(14-18)25(33)28(16-27(28)10-5-11-27)17-29-26(34)35-15-23-21-8-3-1-6-19(21)20-7-2-4-9-22(20)23/h1-4,6-9,18,23H,5,10-17H2,(H,29,34)(H,31,32). The third-order valence-electron chi connectivity index (χ3n) is 8.84. The van der Waals surface area contributed by atoms with Gasteiger partial charge >= 0.3 is 12.1 Å². The normalized spacial score (nSPS) is 23.6. The molecule has 3 fully saturated rings. The number of alkyl carbamates (subject to hydrolysis) is 1. The van der Waals surface area contributed by atoms with Crippen molar-refractivity contribution in [1.82, 2.24) is 10.2 Å². The summed E-state index contributed by atoms with van der Waals surface area (Å²) in [6.07, 6.45) is 3.53. The lowest BCUT2D eigenvalue weighted by Gasteiger charge is -2.43. The Morgan fingerprint density at radius 1 is 1.00 bits per heavy atom. The minimum Gasteiger partial charge on any atom is -0.481 e.